The number of anilines is 1. The highest BCUT2D eigenvalue weighted by molar-refractivity contribution is 5.85. The van der Waals surface area contributed by atoms with Gasteiger partial charge in [0.05, 0.1) is 18.5 Å². The highest BCUT2D eigenvalue weighted by Crippen LogP contribution is 2.36. The van der Waals surface area contributed by atoms with Crippen LogP contribution in [0.1, 0.15) is 22.5 Å². The molecular weight excluding hydrogens is 401 g/mol. The summed E-state index contributed by atoms with van der Waals surface area (Å²) in [4.78, 5) is 41.0. The Morgan fingerprint density at radius 3 is 2.60 bits per heavy atom. The summed E-state index contributed by atoms with van der Waals surface area (Å²) >= 11 is 0. The Kier molecular flexibility index (Phi) is 7.37. The van der Waals surface area contributed by atoms with Gasteiger partial charge in [-0.15, -0.1) is 0 Å². The van der Waals surface area contributed by atoms with Crippen molar-refractivity contribution in [2.45, 2.75) is 18.9 Å². The molecule has 0 saturated carbocycles. The molecule has 0 amide bonds. The van der Waals surface area contributed by atoms with Crippen LogP contribution in [0.25, 0.3) is 0 Å². The molecule has 1 aliphatic heterocycles. The molecular formula is C19H20FN3O7. The van der Waals surface area contributed by atoms with E-state index in [0.717, 1.165) is 6.20 Å². The van der Waals surface area contributed by atoms with E-state index >= 15 is 0 Å². The van der Waals surface area contributed by atoms with Crippen LogP contribution in [0.3, 0.4) is 0 Å². The van der Waals surface area contributed by atoms with E-state index in [1.54, 1.807) is 11.0 Å². The molecule has 1 aliphatic rings. The van der Waals surface area contributed by atoms with Crippen LogP contribution in [0.2, 0.25) is 0 Å². The molecule has 0 unspecified atom stereocenters. The SMILES string of the molecule is O=C(O)c1cncc(N2CC[C@H](O)[C@](Cc3cccc(F)c3)(C(=O)O)C2)n1.O=CO. The van der Waals surface area contributed by atoms with Gasteiger partial charge in [0.1, 0.15) is 17.1 Å². The van der Waals surface area contributed by atoms with Gasteiger partial charge < -0.3 is 25.3 Å². The zero-order chi connectivity index (χ0) is 22.3. The van der Waals surface area contributed by atoms with Crippen molar-refractivity contribution < 1.29 is 39.2 Å². The average Bonchev–Trinajstić information content (AvgIpc) is 2.70. The van der Waals surface area contributed by atoms with Crippen molar-refractivity contribution in [1.29, 1.82) is 0 Å². The monoisotopic (exact) mass is 421 g/mol. The van der Waals surface area contributed by atoms with Crippen LogP contribution in [0.5, 0.6) is 0 Å². The predicted octanol–water partition coefficient (Wildman–Crippen LogP) is 0.899. The van der Waals surface area contributed by atoms with Gasteiger partial charge in [0.15, 0.2) is 5.69 Å². The molecule has 160 valence electrons. The molecule has 4 N–H and O–H groups in total. The third kappa shape index (κ3) is 5.06. The largest absolute Gasteiger partial charge is 0.483 e. The fourth-order valence-electron chi connectivity index (χ4n) is 3.36. The van der Waals surface area contributed by atoms with E-state index in [-0.39, 0.29) is 43.9 Å². The fraction of sp³-hybridized carbons (Fsp3) is 0.316. The Morgan fingerprint density at radius 2 is 2.00 bits per heavy atom. The van der Waals surface area contributed by atoms with Gasteiger partial charge in [-0.1, -0.05) is 12.1 Å². The molecule has 2 atom stereocenters. The minimum Gasteiger partial charge on any atom is -0.483 e. The number of hydrogen-bond acceptors (Lipinski definition) is 7. The van der Waals surface area contributed by atoms with Gasteiger partial charge in [0.25, 0.3) is 6.47 Å². The number of aliphatic hydroxyl groups excluding tert-OH is 1. The quantitative estimate of drug-likeness (QED) is 0.510. The molecule has 10 nitrogen and oxygen atoms in total. The molecule has 2 aromatic rings. The van der Waals surface area contributed by atoms with E-state index < -0.39 is 29.3 Å². The van der Waals surface area contributed by atoms with Gasteiger partial charge in [-0.05, 0) is 30.5 Å². The molecule has 2 heterocycles. The summed E-state index contributed by atoms with van der Waals surface area (Å²) in [6, 6.07) is 5.58. The number of halogens is 1. The number of aliphatic carboxylic acids is 1. The summed E-state index contributed by atoms with van der Waals surface area (Å²) in [6.45, 7) is -0.0745. The number of piperidine rings is 1. The van der Waals surface area contributed by atoms with Crippen molar-refractivity contribution in [2.24, 2.45) is 5.41 Å². The molecule has 11 heteroatoms. The van der Waals surface area contributed by atoms with E-state index in [0.29, 0.717) is 5.56 Å². The molecule has 0 radical (unpaired) electrons. The smallest absolute Gasteiger partial charge is 0.356 e. The number of nitrogens with zero attached hydrogens (tertiary/aromatic N) is 3. The maximum Gasteiger partial charge on any atom is 0.356 e. The van der Waals surface area contributed by atoms with Gasteiger partial charge in [0.2, 0.25) is 0 Å². The number of rotatable bonds is 5. The number of carbonyl (C=O) groups is 3. The van der Waals surface area contributed by atoms with Gasteiger partial charge in [-0.3, -0.25) is 14.6 Å². The average molecular weight is 421 g/mol. The number of aromatic nitrogens is 2. The third-order valence-corrected chi connectivity index (χ3v) is 4.78. The number of aromatic carboxylic acids is 1. The Bertz CT molecular complexity index is 927. The number of hydrogen-bond donors (Lipinski definition) is 4. The normalized spacial score (nSPS) is 20.6. The topological polar surface area (TPSA) is 161 Å². The van der Waals surface area contributed by atoms with E-state index in [1.165, 1.54) is 24.4 Å². The van der Waals surface area contributed by atoms with E-state index in [4.69, 9.17) is 15.0 Å². The van der Waals surface area contributed by atoms with Crippen LogP contribution in [-0.2, 0) is 16.0 Å². The summed E-state index contributed by atoms with van der Waals surface area (Å²) in [7, 11) is 0. The van der Waals surface area contributed by atoms with Crippen molar-refractivity contribution in [3.63, 3.8) is 0 Å². The Balaban J connectivity index is 0.00000101. The van der Waals surface area contributed by atoms with Crippen molar-refractivity contribution in [3.05, 3.63) is 53.7 Å². The summed E-state index contributed by atoms with van der Waals surface area (Å²) in [5, 5.41) is 36.3. The molecule has 30 heavy (non-hydrogen) atoms. The number of aliphatic hydroxyl groups is 1. The lowest BCUT2D eigenvalue weighted by Crippen LogP contribution is -2.57. The van der Waals surface area contributed by atoms with Crippen LogP contribution in [0.15, 0.2) is 36.7 Å². The number of carboxylic acids is 2. The minimum absolute atomic E-state index is 0.0796. The van der Waals surface area contributed by atoms with Crippen molar-refractivity contribution in [3.8, 4) is 0 Å². The second kappa shape index (κ2) is 9.74. The van der Waals surface area contributed by atoms with E-state index in [9.17, 15) is 24.2 Å². The first-order chi connectivity index (χ1) is 14.2. The molecule has 1 aromatic carbocycles. The lowest BCUT2D eigenvalue weighted by atomic mass is 9.73. The molecule has 1 fully saturated rings. The third-order valence-electron chi connectivity index (χ3n) is 4.78. The lowest BCUT2D eigenvalue weighted by molar-refractivity contribution is -0.157. The molecule has 1 saturated heterocycles. The lowest BCUT2D eigenvalue weighted by Gasteiger charge is -2.43. The summed E-state index contributed by atoms with van der Waals surface area (Å²) in [6.07, 6.45) is 1.36. The van der Waals surface area contributed by atoms with E-state index in [1.807, 2.05) is 0 Å². The summed E-state index contributed by atoms with van der Waals surface area (Å²) in [5.41, 5.74) is -1.40. The molecule has 3 rings (SSSR count). The first-order valence-corrected chi connectivity index (χ1v) is 8.77. The molecule has 0 bridgehead atoms. The Labute approximate surface area is 170 Å². The van der Waals surface area contributed by atoms with Gasteiger partial charge in [0, 0.05) is 13.1 Å². The minimum atomic E-state index is -1.59. The van der Waals surface area contributed by atoms with Crippen LogP contribution in [-0.4, -0.2) is 68.0 Å². The van der Waals surface area contributed by atoms with Crippen LogP contribution >= 0.6 is 0 Å². The van der Waals surface area contributed by atoms with Gasteiger partial charge in [-0.25, -0.2) is 14.2 Å². The Hall–Kier alpha value is -3.60. The molecule has 0 aliphatic carbocycles. The second-order valence-corrected chi connectivity index (χ2v) is 6.67. The van der Waals surface area contributed by atoms with Crippen molar-refractivity contribution >= 4 is 24.2 Å². The zero-order valence-corrected chi connectivity index (χ0v) is 15.7. The second-order valence-electron chi connectivity index (χ2n) is 6.67. The zero-order valence-electron chi connectivity index (χ0n) is 15.7. The number of benzene rings is 1. The highest BCUT2D eigenvalue weighted by atomic mass is 19.1. The highest BCUT2D eigenvalue weighted by Gasteiger charge is 2.49. The Morgan fingerprint density at radius 1 is 1.30 bits per heavy atom. The molecule has 1 aromatic heterocycles. The van der Waals surface area contributed by atoms with Crippen LogP contribution in [0.4, 0.5) is 10.2 Å². The van der Waals surface area contributed by atoms with Gasteiger partial charge >= 0.3 is 11.9 Å². The van der Waals surface area contributed by atoms with Crippen LogP contribution < -0.4 is 4.90 Å². The maximum atomic E-state index is 13.5. The first-order valence-electron chi connectivity index (χ1n) is 8.77. The summed E-state index contributed by atoms with van der Waals surface area (Å²) < 4.78 is 13.5. The van der Waals surface area contributed by atoms with Crippen LogP contribution in [0, 0.1) is 11.2 Å². The first kappa shape index (κ1) is 22.7. The standard InChI is InChI=1S/C18H18FN3O5.CH2O2/c19-12-3-1-2-11(6-12)7-18(17(26)27)10-22(5-4-14(18)23)15-9-20-8-13(21-15)16(24)25;2-1-3/h1-3,6,8-9,14,23H,4-5,7,10H2,(H,24,25)(H,26,27);1H,(H,2,3)/t14-,18+;/m0./s1. The summed E-state index contributed by atoms with van der Waals surface area (Å²) in [5.74, 6) is -2.74. The van der Waals surface area contributed by atoms with E-state index in [2.05, 4.69) is 9.97 Å². The van der Waals surface area contributed by atoms with Crippen molar-refractivity contribution in [2.75, 3.05) is 18.0 Å². The predicted molar refractivity (Wildman–Crippen MR) is 101 cm³/mol. The van der Waals surface area contributed by atoms with Crippen molar-refractivity contribution in [1.82, 2.24) is 9.97 Å². The number of carboxylic acid groups (broad SMARTS) is 3. The molecule has 0 spiro atoms. The fourth-order valence-corrected chi connectivity index (χ4v) is 3.36. The maximum absolute atomic E-state index is 13.5. The van der Waals surface area contributed by atoms with Gasteiger partial charge in [-0.2, -0.15) is 0 Å².